The van der Waals surface area contributed by atoms with Crippen molar-refractivity contribution in [1.82, 2.24) is 0 Å². The van der Waals surface area contributed by atoms with Crippen molar-refractivity contribution in [3.63, 3.8) is 0 Å². The van der Waals surface area contributed by atoms with Gasteiger partial charge in [0.2, 0.25) is 0 Å². The summed E-state index contributed by atoms with van der Waals surface area (Å²) in [5, 5.41) is 3.41. The number of benzene rings is 2. The smallest absolute Gasteiger partial charge is 0.154 e. The molecule has 0 saturated heterocycles. The molecule has 0 spiro atoms. The lowest BCUT2D eigenvalue weighted by Gasteiger charge is -2.27. The van der Waals surface area contributed by atoms with Gasteiger partial charge in [-0.15, -0.1) is 0 Å². The number of nitrogens with one attached hydrogen (secondary N) is 1. The molecule has 86 valence electrons. The maximum Gasteiger partial charge on any atom is 0.154 e. The summed E-state index contributed by atoms with van der Waals surface area (Å²) in [7, 11) is 0. The van der Waals surface area contributed by atoms with Crippen molar-refractivity contribution in [3.05, 3.63) is 65.2 Å². The van der Waals surface area contributed by atoms with Gasteiger partial charge in [0.1, 0.15) is 0 Å². The Morgan fingerprint density at radius 3 is 2.65 bits per heavy atom. The third-order valence-electron chi connectivity index (χ3n) is 3.09. The second kappa shape index (κ2) is 4.22. The van der Waals surface area contributed by atoms with Crippen molar-refractivity contribution < 1.29 is 4.74 Å². The minimum atomic E-state index is -0.0366. The molecule has 1 N–H and O–H groups in total. The second-order valence-electron chi connectivity index (χ2n) is 4.40. The monoisotopic (exact) mass is 225 g/mol. The molecule has 0 saturated carbocycles. The van der Waals surface area contributed by atoms with E-state index >= 15 is 0 Å². The standard InChI is InChI=1S/C15H15NO/c1-11-6-8-12(9-7-11)15-16-14-5-3-2-4-13(14)10-17-15/h2-9,15-16H,10H2,1H3. The second-order valence-corrected chi connectivity index (χ2v) is 4.40. The molecular formula is C15H15NO. The number of anilines is 1. The number of ether oxygens (including phenoxy) is 1. The Labute approximate surface area is 101 Å². The molecule has 0 radical (unpaired) electrons. The first kappa shape index (κ1) is 10.4. The van der Waals surface area contributed by atoms with Gasteiger partial charge in [0, 0.05) is 16.8 Å². The fraction of sp³-hybridized carbons (Fsp3) is 0.200. The molecule has 17 heavy (non-hydrogen) atoms. The van der Waals surface area contributed by atoms with Crippen molar-refractivity contribution in [2.45, 2.75) is 19.8 Å². The van der Waals surface area contributed by atoms with E-state index < -0.39 is 0 Å². The Balaban J connectivity index is 1.86. The molecule has 1 aliphatic heterocycles. The van der Waals surface area contributed by atoms with Crippen LogP contribution in [0.15, 0.2) is 48.5 Å². The first-order valence-corrected chi connectivity index (χ1v) is 5.85. The van der Waals surface area contributed by atoms with Crippen LogP contribution in [0.2, 0.25) is 0 Å². The Bertz CT molecular complexity index is 519. The van der Waals surface area contributed by atoms with E-state index in [0.717, 1.165) is 0 Å². The van der Waals surface area contributed by atoms with E-state index in [4.69, 9.17) is 4.74 Å². The average molecular weight is 225 g/mol. The molecule has 2 aromatic carbocycles. The highest BCUT2D eigenvalue weighted by molar-refractivity contribution is 5.53. The molecule has 1 unspecified atom stereocenters. The summed E-state index contributed by atoms with van der Waals surface area (Å²) in [6.45, 7) is 2.76. The Kier molecular flexibility index (Phi) is 2.57. The van der Waals surface area contributed by atoms with Crippen LogP contribution < -0.4 is 5.32 Å². The molecule has 0 aliphatic carbocycles. The van der Waals surface area contributed by atoms with Gasteiger partial charge in [-0.05, 0) is 13.0 Å². The predicted molar refractivity (Wildman–Crippen MR) is 68.8 cm³/mol. The van der Waals surface area contributed by atoms with Crippen LogP contribution in [0.25, 0.3) is 0 Å². The highest BCUT2D eigenvalue weighted by atomic mass is 16.5. The van der Waals surface area contributed by atoms with Gasteiger partial charge in [0.05, 0.1) is 6.61 Å². The lowest BCUT2D eigenvalue weighted by Crippen LogP contribution is -2.20. The van der Waals surface area contributed by atoms with Gasteiger partial charge in [-0.2, -0.15) is 0 Å². The van der Waals surface area contributed by atoms with Gasteiger partial charge in [-0.25, -0.2) is 0 Å². The number of hydrogen-bond acceptors (Lipinski definition) is 2. The van der Waals surface area contributed by atoms with Crippen LogP contribution >= 0.6 is 0 Å². The first-order valence-electron chi connectivity index (χ1n) is 5.85. The van der Waals surface area contributed by atoms with Crippen molar-refractivity contribution in [2.24, 2.45) is 0 Å². The molecule has 0 bridgehead atoms. The number of aryl methyl sites for hydroxylation is 1. The van der Waals surface area contributed by atoms with Gasteiger partial charge in [0.25, 0.3) is 0 Å². The molecular weight excluding hydrogens is 210 g/mol. The largest absolute Gasteiger partial charge is 0.356 e. The minimum absolute atomic E-state index is 0.0366. The molecule has 3 rings (SSSR count). The molecule has 2 aromatic rings. The summed E-state index contributed by atoms with van der Waals surface area (Å²) in [5.41, 5.74) is 4.83. The van der Waals surface area contributed by atoms with Crippen LogP contribution in [-0.4, -0.2) is 0 Å². The third kappa shape index (κ3) is 2.04. The predicted octanol–water partition coefficient (Wildman–Crippen LogP) is 3.64. The molecule has 2 heteroatoms. The SMILES string of the molecule is Cc1ccc(C2Nc3ccccc3CO2)cc1. The zero-order valence-electron chi connectivity index (χ0n) is 9.81. The maximum absolute atomic E-state index is 5.82. The fourth-order valence-corrected chi connectivity index (χ4v) is 2.06. The molecule has 0 aromatic heterocycles. The summed E-state index contributed by atoms with van der Waals surface area (Å²) in [5.74, 6) is 0. The number of fused-ring (bicyclic) bond motifs is 1. The quantitative estimate of drug-likeness (QED) is 0.800. The Morgan fingerprint density at radius 1 is 1.06 bits per heavy atom. The van der Waals surface area contributed by atoms with E-state index in [1.807, 2.05) is 12.1 Å². The summed E-state index contributed by atoms with van der Waals surface area (Å²) < 4.78 is 5.82. The summed E-state index contributed by atoms with van der Waals surface area (Å²) in [4.78, 5) is 0. The number of para-hydroxylation sites is 1. The Hall–Kier alpha value is -1.80. The number of rotatable bonds is 1. The van der Waals surface area contributed by atoms with Crippen molar-refractivity contribution in [2.75, 3.05) is 5.32 Å². The van der Waals surface area contributed by atoms with Crippen LogP contribution in [-0.2, 0) is 11.3 Å². The Morgan fingerprint density at radius 2 is 1.82 bits per heavy atom. The molecule has 1 aliphatic rings. The number of hydrogen-bond donors (Lipinski definition) is 1. The van der Waals surface area contributed by atoms with Gasteiger partial charge >= 0.3 is 0 Å². The summed E-state index contributed by atoms with van der Waals surface area (Å²) in [6.07, 6.45) is -0.0366. The van der Waals surface area contributed by atoms with Crippen LogP contribution in [0, 0.1) is 6.92 Å². The van der Waals surface area contributed by atoms with Gasteiger partial charge in [-0.1, -0.05) is 48.0 Å². The topological polar surface area (TPSA) is 21.3 Å². The minimum Gasteiger partial charge on any atom is -0.356 e. The van der Waals surface area contributed by atoms with E-state index in [1.165, 1.54) is 22.4 Å². The average Bonchev–Trinajstić information content (AvgIpc) is 2.39. The summed E-state index contributed by atoms with van der Waals surface area (Å²) >= 11 is 0. The zero-order chi connectivity index (χ0) is 11.7. The molecule has 2 nitrogen and oxygen atoms in total. The van der Waals surface area contributed by atoms with E-state index in [0.29, 0.717) is 6.61 Å². The van der Waals surface area contributed by atoms with Crippen LogP contribution in [0.3, 0.4) is 0 Å². The highest BCUT2D eigenvalue weighted by Crippen LogP contribution is 2.30. The lowest BCUT2D eigenvalue weighted by molar-refractivity contribution is 0.0507. The fourth-order valence-electron chi connectivity index (χ4n) is 2.06. The van der Waals surface area contributed by atoms with Gasteiger partial charge in [-0.3, -0.25) is 0 Å². The molecule has 0 fully saturated rings. The summed E-state index contributed by atoms with van der Waals surface area (Å²) in [6, 6.07) is 16.7. The van der Waals surface area contributed by atoms with Crippen molar-refractivity contribution in [1.29, 1.82) is 0 Å². The van der Waals surface area contributed by atoms with E-state index in [9.17, 15) is 0 Å². The molecule has 1 atom stereocenters. The van der Waals surface area contributed by atoms with Crippen molar-refractivity contribution >= 4 is 5.69 Å². The molecule has 0 amide bonds. The normalized spacial score (nSPS) is 18.3. The van der Waals surface area contributed by atoms with Crippen LogP contribution in [0.1, 0.15) is 22.9 Å². The lowest BCUT2D eigenvalue weighted by atomic mass is 10.1. The van der Waals surface area contributed by atoms with Crippen LogP contribution in [0.5, 0.6) is 0 Å². The van der Waals surface area contributed by atoms with Gasteiger partial charge in [0.15, 0.2) is 6.23 Å². The third-order valence-corrected chi connectivity index (χ3v) is 3.09. The van der Waals surface area contributed by atoms with Crippen molar-refractivity contribution in [3.8, 4) is 0 Å². The first-order chi connectivity index (χ1) is 8.33. The molecule has 1 heterocycles. The van der Waals surface area contributed by atoms with E-state index in [-0.39, 0.29) is 6.23 Å². The zero-order valence-corrected chi connectivity index (χ0v) is 9.81. The van der Waals surface area contributed by atoms with E-state index in [2.05, 4.69) is 48.6 Å². The van der Waals surface area contributed by atoms with Crippen LogP contribution in [0.4, 0.5) is 5.69 Å². The van der Waals surface area contributed by atoms with E-state index in [1.54, 1.807) is 0 Å². The maximum atomic E-state index is 5.82. The highest BCUT2D eigenvalue weighted by Gasteiger charge is 2.18. The van der Waals surface area contributed by atoms with Gasteiger partial charge < -0.3 is 10.1 Å².